The molecule has 1 aliphatic carbocycles. The van der Waals surface area contributed by atoms with Gasteiger partial charge in [-0.15, -0.1) is 0 Å². The van der Waals surface area contributed by atoms with Gasteiger partial charge in [0.25, 0.3) is 0 Å². The first-order valence-corrected chi connectivity index (χ1v) is 7.03. The zero-order chi connectivity index (χ0) is 14.8. The molecule has 21 heavy (non-hydrogen) atoms. The van der Waals surface area contributed by atoms with E-state index >= 15 is 0 Å². The van der Waals surface area contributed by atoms with E-state index < -0.39 is 11.6 Å². The van der Waals surface area contributed by atoms with Crippen LogP contribution in [0.4, 0.5) is 8.78 Å². The molecule has 1 aliphatic rings. The summed E-state index contributed by atoms with van der Waals surface area (Å²) in [6, 6.07) is 7.51. The number of hydrogen-bond acceptors (Lipinski definition) is 3. The molecule has 0 spiro atoms. The van der Waals surface area contributed by atoms with E-state index in [1.165, 1.54) is 17.7 Å². The number of pyridine rings is 1. The van der Waals surface area contributed by atoms with E-state index in [0.717, 1.165) is 24.6 Å². The summed E-state index contributed by atoms with van der Waals surface area (Å²) in [4.78, 5) is 4.44. The highest BCUT2D eigenvalue weighted by atomic mass is 19.1. The van der Waals surface area contributed by atoms with Gasteiger partial charge in [0.05, 0.1) is 0 Å². The van der Waals surface area contributed by atoms with Crippen LogP contribution in [0.2, 0.25) is 0 Å². The van der Waals surface area contributed by atoms with Gasteiger partial charge in [-0.2, -0.15) is 0 Å². The first kappa shape index (κ1) is 14.1. The molecule has 2 aromatic rings. The number of hydrogen-bond donors (Lipinski definition) is 2. The molecule has 1 heterocycles. The van der Waals surface area contributed by atoms with Crippen molar-refractivity contribution in [3.8, 4) is 0 Å². The van der Waals surface area contributed by atoms with Crippen molar-refractivity contribution in [1.82, 2.24) is 10.4 Å². The number of nitrogens with zero attached hydrogens (tertiary/aromatic N) is 1. The van der Waals surface area contributed by atoms with Crippen LogP contribution >= 0.6 is 0 Å². The minimum Gasteiger partial charge on any atom is -0.271 e. The smallest absolute Gasteiger partial charge is 0.129 e. The molecular weight excluding hydrogens is 272 g/mol. The molecule has 3 N–H and O–H groups in total. The maximum atomic E-state index is 13.8. The van der Waals surface area contributed by atoms with Crippen molar-refractivity contribution < 1.29 is 8.78 Å². The molecule has 1 aromatic heterocycles. The van der Waals surface area contributed by atoms with E-state index in [4.69, 9.17) is 5.84 Å². The van der Waals surface area contributed by atoms with Crippen LogP contribution in [-0.2, 0) is 12.8 Å². The van der Waals surface area contributed by atoms with Gasteiger partial charge in [-0.25, -0.2) is 8.78 Å². The van der Waals surface area contributed by atoms with Crippen molar-refractivity contribution in [3.63, 3.8) is 0 Å². The monoisotopic (exact) mass is 289 g/mol. The summed E-state index contributed by atoms with van der Waals surface area (Å²) in [5.41, 5.74) is 5.49. The molecule has 0 bridgehead atoms. The number of fused-ring (bicyclic) bond motifs is 1. The van der Waals surface area contributed by atoms with Gasteiger partial charge in [-0.05, 0) is 42.5 Å². The van der Waals surface area contributed by atoms with Gasteiger partial charge in [0.1, 0.15) is 11.6 Å². The Kier molecular flexibility index (Phi) is 3.94. The maximum absolute atomic E-state index is 13.8. The topological polar surface area (TPSA) is 50.9 Å². The van der Waals surface area contributed by atoms with E-state index in [-0.39, 0.29) is 12.0 Å². The van der Waals surface area contributed by atoms with Crippen molar-refractivity contribution in [2.24, 2.45) is 5.84 Å². The largest absolute Gasteiger partial charge is 0.271 e. The quantitative estimate of drug-likeness (QED) is 0.671. The van der Waals surface area contributed by atoms with Crippen LogP contribution in [0.5, 0.6) is 0 Å². The molecule has 0 fully saturated rings. The average Bonchev–Trinajstić information content (AvgIpc) is 2.91. The molecule has 2 unspecified atom stereocenters. The van der Waals surface area contributed by atoms with E-state index in [2.05, 4.69) is 16.5 Å². The first-order valence-electron chi connectivity index (χ1n) is 7.03. The molecule has 2 atom stereocenters. The van der Waals surface area contributed by atoms with Crippen molar-refractivity contribution in [2.45, 2.75) is 31.2 Å². The Labute approximate surface area is 122 Å². The summed E-state index contributed by atoms with van der Waals surface area (Å²) in [5.74, 6) is 4.71. The predicted octanol–water partition coefficient (Wildman–Crippen LogP) is 2.46. The third-order valence-electron chi connectivity index (χ3n) is 4.16. The summed E-state index contributed by atoms with van der Waals surface area (Å²) in [6.45, 7) is 0. The summed E-state index contributed by atoms with van der Waals surface area (Å²) in [7, 11) is 0. The predicted molar refractivity (Wildman–Crippen MR) is 76.5 cm³/mol. The van der Waals surface area contributed by atoms with E-state index in [0.29, 0.717) is 12.0 Å². The standard InChI is InChI=1S/C16H17F2N3/c17-12-5-3-11(14(18)9-12)8-15(21-19)13-6-4-10-2-1-7-20-16(10)13/h1-3,5,7,9,13,15,21H,4,6,8,19H2. The van der Waals surface area contributed by atoms with Crippen LogP contribution in [-0.4, -0.2) is 11.0 Å². The van der Waals surface area contributed by atoms with Crippen LogP contribution < -0.4 is 11.3 Å². The molecule has 0 aliphatic heterocycles. The summed E-state index contributed by atoms with van der Waals surface area (Å²) < 4.78 is 26.8. The van der Waals surface area contributed by atoms with Gasteiger partial charge < -0.3 is 0 Å². The highest BCUT2D eigenvalue weighted by Gasteiger charge is 2.30. The molecular formula is C16H17F2N3. The number of hydrazine groups is 1. The molecule has 1 aromatic carbocycles. The fourth-order valence-electron chi connectivity index (χ4n) is 3.08. The van der Waals surface area contributed by atoms with E-state index in [1.807, 2.05) is 6.07 Å². The Morgan fingerprint density at radius 2 is 2.19 bits per heavy atom. The molecule has 0 amide bonds. The van der Waals surface area contributed by atoms with Crippen LogP contribution in [0, 0.1) is 11.6 Å². The molecule has 0 saturated carbocycles. The first-order chi connectivity index (χ1) is 10.2. The third kappa shape index (κ3) is 2.80. The van der Waals surface area contributed by atoms with Gasteiger partial charge in [0.2, 0.25) is 0 Å². The Balaban J connectivity index is 1.83. The number of rotatable bonds is 4. The van der Waals surface area contributed by atoms with Gasteiger partial charge in [-0.1, -0.05) is 12.1 Å². The lowest BCUT2D eigenvalue weighted by molar-refractivity contribution is 0.422. The second kappa shape index (κ2) is 5.87. The Morgan fingerprint density at radius 3 is 2.95 bits per heavy atom. The highest BCUT2D eigenvalue weighted by Crippen LogP contribution is 2.34. The van der Waals surface area contributed by atoms with Crippen LogP contribution in [0.3, 0.4) is 0 Å². The van der Waals surface area contributed by atoms with Crippen LogP contribution in [0.15, 0.2) is 36.5 Å². The Morgan fingerprint density at radius 1 is 1.33 bits per heavy atom. The van der Waals surface area contributed by atoms with Crippen LogP contribution in [0.1, 0.15) is 29.2 Å². The number of nitrogens with two attached hydrogens (primary N) is 1. The van der Waals surface area contributed by atoms with Crippen molar-refractivity contribution in [2.75, 3.05) is 0 Å². The average molecular weight is 289 g/mol. The number of nitrogens with one attached hydrogen (secondary N) is 1. The van der Waals surface area contributed by atoms with Gasteiger partial charge in [0, 0.05) is 29.9 Å². The van der Waals surface area contributed by atoms with Gasteiger partial charge in [0.15, 0.2) is 0 Å². The van der Waals surface area contributed by atoms with E-state index in [9.17, 15) is 8.78 Å². The number of aromatic nitrogens is 1. The number of aryl methyl sites for hydroxylation is 1. The summed E-state index contributed by atoms with van der Waals surface area (Å²) in [5, 5.41) is 0. The van der Waals surface area contributed by atoms with Crippen molar-refractivity contribution in [1.29, 1.82) is 0 Å². The zero-order valence-electron chi connectivity index (χ0n) is 11.5. The minimum absolute atomic E-state index is 0.124. The SMILES string of the molecule is NNC(Cc1ccc(F)cc1F)C1CCc2cccnc21. The van der Waals surface area contributed by atoms with Gasteiger partial charge >= 0.3 is 0 Å². The fourth-order valence-corrected chi connectivity index (χ4v) is 3.08. The highest BCUT2D eigenvalue weighted by molar-refractivity contribution is 5.31. The molecule has 3 nitrogen and oxygen atoms in total. The normalized spacial score (nSPS) is 18.5. The Bertz CT molecular complexity index is 645. The lowest BCUT2D eigenvalue weighted by Crippen LogP contribution is -2.41. The minimum atomic E-state index is -0.568. The molecule has 0 radical (unpaired) electrons. The van der Waals surface area contributed by atoms with Gasteiger partial charge in [-0.3, -0.25) is 16.3 Å². The third-order valence-corrected chi connectivity index (χ3v) is 4.16. The Hall–Kier alpha value is -1.85. The second-order valence-electron chi connectivity index (χ2n) is 5.41. The molecule has 3 rings (SSSR count). The zero-order valence-corrected chi connectivity index (χ0v) is 11.5. The summed E-state index contributed by atoms with van der Waals surface area (Å²) in [6.07, 6.45) is 4.06. The summed E-state index contributed by atoms with van der Waals surface area (Å²) >= 11 is 0. The van der Waals surface area contributed by atoms with Crippen molar-refractivity contribution in [3.05, 3.63) is 65.0 Å². The van der Waals surface area contributed by atoms with Crippen LogP contribution in [0.25, 0.3) is 0 Å². The van der Waals surface area contributed by atoms with Crippen molar-refractivity contribution >= 4 is 0 Å². The lowest BCUT2D eigenvalue weighted by Gasteiger charge is -2.23. The lowest BCUT2D eigenvalue weighted by atomic mass is 9.91. The molecule has 0 saturated heterocycles. The fraction of sp³-hybridized carbons (Fsp3) is 0.312. The van der Waals surface area contributed by atoms with E-state index in [1.54, 1.807) is 6.20 Å². The molecule has 110 valence electrons. The number of halogens is 2. The number of benzene rings is 1. The molecule has 5 heteroatoms. The second-order valence-corrected chi connectivity index (χ2v) is 5.41. The maximum Gasteiger partial charge on any atom is 0.129 e.